The molecule has 1 atom stereocenters. The van der Waals surface area contributed by atoms with Gasteiger partial charge in [-0.15, -0.1) is 0 Å². The van der Waals surface area contributed by atoms with Gasteiger partial charge in [0.25, 0.3) is 5.91 Å². The lowest BCUT2D eigenvalue weighted by Gasteiger charge is -2.12. The zero-order chi connectivity index (χ0) is 14.8. The van der Waals surface area contributed by atoms with Crippen molar-refractivity contribution in [3.05, 3.63) is 35.1 Å². The first-order valence-electron chi connectivity index (χ1n) is 6.11. The fourth-order valence-corrected chi connectivity index (χ4v) is 2.00. The van der Waals surface area contributed by atoms with E-state index < -0.39 is 29.0 Å². The van der Waals surface area contributed by atoms with Crippen molar-refractivity contribution in [1.29, 1.82) is 0 Å². The highest BCUT2D eigenvalue weighted by atomic mass is 19.4. The molecule has 1 aliphatic heterocycles. The van der Waals surface area contributed by atoms with E-state index in [-0.39, 0.29) is 12.5 Å². The summed E-state index contributed by atoms with van der Waals surface area (Å²) in [6.07, 6.45) is -4.05. The third kappa shape index (κ3) is 3.27. The molecule has 1 heterocycles. The summed E-state index contributed by atoms with van der Waals surface area (Å²) in [5, 5.41) is 2.43. The van der Waals surface area contributed by atoms with Crippen LogP contribution in [-0.4, -0.2) is 25.7 Å². The molecular weight excluding hydrogens is 278 g/mol. The third-order valence-electron chi connectivity index (χ3n) is 3.12. The quantitative estimate of drug-likeness (QED) is 0.869. The summed E-state index contributed by atoms with van der Waals surface area (Å²) in [5.74, 6) is -2.27. The lowest BCUT2D eigenvalue weighted by molar-refractivity contribution is -0.140. The maximum atomic E-state index is 13.7. The van der Waals surface area contributed by atoms with E-state index >= 15 is 0 Å². The van der Waals surface area contributed by atoms with Crippen molar-refractivity contribution in [2.24, 2.45) is 5.92 Å². The van der Waals surface area contributed by atoms with Crippen molar-refractivity contribution >= 4 is 5.91 Å². The van der Waals surface area contributed by atoms with Crippen molar-refractivity contribution in [3.63, 3.8) is 0 Å². The SMILES string of the molecule is O=C(NCC1CCOC1)c1cccc(C(F)(F)F)c1F. The molecular formula is C13H13F4NO2. The Balaban J connectivity index is 2.09. The molecule has 20 heavy (non-hydrogen) atoms. The molecule has 0 bridgehead atoms. The molecule has 1 saturated heterocycles. The monoisotopic (exact) mass is 291 g/mol. The summed E-state index contributed by atoms with van der Waals surface area (Å²) in [4.78, 5) is 11.7. The van der Waals surface area contributed by atoms with Crippen LogP contribution in [-0.2, 0) is 10.9 Å². The molecule has 0 aliphatic carbocycles. The maximum Gasteiger partial charge on any atom is 0.419 e. The minimum absolute atomic E-state index is 0.118. The van der Waals surface area contributed by atoms with Gasteiger partial charge in [-0.1, -0.05) is 6.07 Å². The zero-order valence-electron chi connectivity index (χ0n) is 10.5. The predicted octanol–water partition coefficient (Wildman–Crippen LogP) is 2.61. The Bertz CT molecular complexity index is 496. The fraction of sp³-hybridized carbons (Fsp3) is 0.462. The fourth-order valence-electron chi connectivity index (χ4n) is 2.00. The summed E-state index contributed by atoms with van der Waals surface area (Å²) in [6.45, 7) is 1.35. The van der Waals surface area contributed by atoms with Crippen LogP contribution in [0, 0.1) is 11.7 Å². The van der Waals surface area contributed by atoms with Gasteiger partial charge in [-0.05, 0) is 18.6 Å². The van der Waals surface area contributed by atoms with Crippen LogP contribution in [0.15, 0.2) is 18.2 Å². The summed E-state index contributed by atoms with van der Waals surface area (Å²) in [5.41, 5.74) is -2.03. The number of rotatable bonds is 3. The highest BCUT2D eigenvalue weighted by molar-refractivity contribution is 5.94. The van der Waals surface area contributed by atoms with Gasteiger partial charge in [0.2, 0.25) is 0 Å². The molecule has 7 heteroatoms. The van der Waals surface area contributed by atoms with Gasteiger partial charge < -0.3 is 10.1 Å². The smallest absolute Gasteiger partial charge is 0.381 e. The van der Waals surface area contributed by atoms with Gasteiger partial charge in [0.1, 0.15) is 5.82 Å². The lowest BCUT2D eigenvalue weighted by Crippen LogP contribution is -2.30. The van der Waals surface area contributed by atoms with Crippen molar-refractivity contribution in [2.45, 2.75) is 12.6 Å². The minimum Gasteiger partial charge on any atom is -0.381 e. The number of alkyl halides is 3. The number of hydrogen-bond acceptors (Lipinski definition) is 2. The number of carbonyl (C=O) groups excluding carboxylic acids is 1. The molecule has 0 aromatic heterocycles. The van der Waals surface area contributed by atoms with Crippen LogP contribution in [0.3, 0.4) is 0 Å². The van der Waals surface area contributed by atoms with Gasteiger partial charge in [0.05, 0.1) is 17.7 Å². The van der Waals surface area contributed by atoms with Crippen molar-refractivity contribution < 1.29 is 27.1 Å². The second kappa shape index (κ2) is 5.78. The average molecular weight is 291 g/mol. The molecule has 1 N–H and O–H groups in total. The van der Waals surface area contributed by atoms with Crippen molar-refractivity contribution in [1.82, 2.24) is 5.32 Å². The number of carbonyl (C=O) groups is 1. The summed E-state index contributed by atoms with van der Waals surface area (Å²) in [6, 6.07) is 2.65. The maximum absolute atomic E-state index is 13.7. The second-order valence-electron chi connectivity index (χ2n) is 4.60. The van der Waals surface area contributed by atoms with E-state index in [0.29, 0.717) is 19.3 Å². The van der Waals surface area contributed by atoms with Gasteiger partial charge in [-0.3, -0.25) is 4.79 Å². The van der Waals surface area contributed by atoms with Gasteiger partial charge in [0, 0.05) is 19.1 Å². The van der Waals surface area contributed by atoms with Gasteiger partial charge in [0.15, 0.2) is 0 Å². The molecule has 110 valence electrons. The average Bonchev–Trinajstić information content (AvgIpc) is 2.88. The van der Waals surface area contributed by atoms with Gasteiger partial charge in [-0.25, -0.2) is 4.39 Å². The Morgan fingerprint density at radius 2 is 2.15 bits per heavy atom. The largest absolute Gasteiger partial charge is 0.419 e. The lowest BCUT2D eigenvalue weighted by atomic mass is 10.1. The van der Waals surface area contributed by atoms with Crippen LogP contribution < -0.4 is 5.32 Å². The zero-order valence-corrected chi connectivity index (χ0v) is 10.5. The summed E-state index contributed by atoms with van der Waals surface area (Å²) >= 11 is 0. The molecule has 1 aromatic rings. The first-order valence-corrected chi connectivity index (χ1v) is 6.11. The number of hydrogen-bond donors (Lipinski definition) is 1. The normalized spacial score (nSPS) is 19.1. The number of halogens is 4. The van der Waals surface area contributed by atoms with E-state index in [1.807, 2.05) is 0 Å². The Morgan fingerprint density at radius 3 is 2.75 bits per heavy atom. The molecule has 1 unspecified atom stereocenters. The van der Waals surface area contributed by atoms with Gasteiger partial charge in [-0.2, -0.15) is 13.2 Å². The predicted molar refractivity (Wildman–Crippen MR) is 62.7 cm³/mol. The number of amides is 1. The van der Waals surface area contributed by atoms with E-state index in [0.717, 1.165) is 18.6 Å². The molecule has 2 rings (SSSR count). The molecule has 0 spiro atoms. The molecule has 1 fully saturated rings. The first-order chi connectivity index (χ1) is 9.39. The van der Waals surface area contributed by atoms with E-state index in [4.69, 9.17) is 4.74 Å². The minimum atomic E-state index is -4.82. The topological polar surface area (TPSA) is 38.3 Å². The van der Waals surface area contributed by atoms with E-state index in [9.17, 15) is 22.4 Å². The Kier molecular flexibility index (Phi) is 4.27. The standard InChI is InChI=1S/C13H13F4NO2/c14-11-9(2-1-3-10(11)13(15,16)17)12(19)18-6-8-4-5-20-7-8/h1-3,8H,4-7H2,(H,18,19). The highest BCUT2D eigenvalue weighted by Crippen LogP contribution is 2.32. The molecule has 1 aromatic carbocycles. The molecule has 0 saturated carbocycles. The van der Waals surface area contributed by atoms with Crippen LogP contribution in [0.5, 0.6) is 0 Å². The number of benzene rings is 1. The molecule has 1 amide bonds. The molecule has 1 aliphatic rings. The van der Waals surface area contributed by atoms with Crippen molar-refractivity contribution in [3.8, 4) is 0 Å². The van der Waals surface area contributed by atoms with Crippen LogP contribution >= 0.6 is 0 Å². The highest BCUT2D eigenvalue weighted by Gasteiger charge is 2.35. The van der Waals surface area contributed by atoms with Crippen LogP contribution in [0.1, 0.15) is 22.3 Å². The van der Waals surface area contributed by atoms with Crippen LogP contribution in [0.4, 0.5) is 17.6 Å². The van der Waals surface area contributed by atoms with Crippen LogP contribution in [0.25, 0.3) is 0 Å². The number of nitrogens with one attached hydrogen (secondary N) is 1. The summed E-state index contributed by atoms with van der Waals surface area (Å²) in [7, 11) is 0. The second-order valence-corrected chi connectivity index (χ2v) is 4.60. The number of ether oxygens (including phenoxy) is 1. The van der Waals surface area contributed by atoms with E-state index in [2.05, 4.69) is 5.32 Å². The van der Waals surface area contributed by atoms with Crippen molar-refractivity contribution in [2.75, 3.05) is 19.8 Å². The first kappa shape index (κ1) is 14.8. The molecule has 0 radical (unpaired) electrons. The van der Waals surface area contributed by atoms with E-state index in [1.54, 1.807) is 0 Å². The Morgan fingerprint density at radius 1 is 1.40 bits per heavy atom. The van der Waals surface area contributed by atoms with E-state index in [1.165, 1.54) is 0 Å². The third-order valence-corrected chi connectivity index (χ3v) is 3.12. The summed E-state index contributed by atoms with van der Waals surface area (Å²) < 4.78 is 56.4. The Hall–Kier alpha value is -1.63. The van der Waals surface area contributed by atoms with Crippen LogP contribution in [0.2, 0.25) is 0 Å². The molecule has 3 nitrogen and oxygen atoms in total. The Labute approximate surface area is 112 Å². The van der Waals surface area contributed by atoms with Gasteiger partial charge >= 0.3 is 6.18 Å².